The smallest absolute Gasteiger partial charge is 0.255 e. The van der Waals surface area contributed by atoms with Crippen molar-refractivity contribution in [2.45, 2.75) is 25.9 Å². The maximum absolute atomic E-state index is 13.0. The number of benzene rings is 2. The number of rotatable bonds is 8. The number of anilines is 1. The fourth-order valence-electron chi connectivity index (χ4n) is 3.31. The average Bonchev–Trinajstić information content (AvgIpc) is 3.00. The van der Waals surface area contributed by atoms with Gasteiger partial charge < -0.3 is 15.0 Å². The Morgan fingerprint density at radius 2 is 1.86 bits per heavy atom. The molecule has 0 saturated carbocycles. The number of nitrogens with one attached hydrogen (secondary N) is 1. The van der Waals surface area contributed by atoms with Gasteiger partial charge in [-0.3, -0.25) is 9.59 Å². The van der Waals surface area contributed by atoms with E-state index >= 15 is 0 Å². The van der Waals surface area contributed by atoms with E-state index in [2.05, 4.69) is 5.32 Å². The third kappa shape index (κ3) is 5.14. The number of hydrogen-bond donors (Lipinski definition) is 1. The van der Waals surface area contributed by atoms with Gasteiger partial charge in [-0.05, 0) is 49.2 Å². The molecule has 29 heavy (non-hydrogen) atoms. The van der Waals surface area contributed by atoms with Gasteiger partial charge in [0.1, 0.15) is 21.6 Å². The summed E-state index contributed by atoms with van der Waals surface area (Å²) in [5.74, 6) is -0.182. The highest BCUT2D eigenvalue weighted by molar-refractivity contribution is 7.90. The third-order valence-corrected chi connectivity index (χ3v) is 5.70. The van der Waals surface area contributed by atoms with Crippen LogP contribution in [0.1, 0.15) is 29.3 Å². The quantitative estimate of drug-likeness (QED) is 0.714. The molecule has 2 aromatic rings. The zero-order chi connectivity index (χ0) is 21.0. The second kappa shape index (κ2) is 8.65. The highest BCUT2D eigenvalue weighted by Crippen LogP contribution is 2.26. The largest absolute Gasteiger partial charge is 0.494 e. The molecule has 0 spiro atoms. The van der Waals surface area contributed by atoms with E-state index in [1.54, 1.807) is 36.4 Å². The van der Waals surface area contributed by atoms with Gasteiger partial charge in [0.05, 0.1) is 12.4 Å². The first-order valence-corrected chi connectivity index (χ1v) is 11.4. The molecule has 7 nitrogen and oxygen atoms in total. The van der Waals surface area contributed by atoms with Crippen molar-refractivity contribution in [3.63, 3.8) is 0 Å². The summed E-state index contributed by atoms with van der Waals surface area (Å²) in [5.41, 5.74) is 1.92. The minimum Gasteiger partial charge on any atom is -0.494 e. The van der Waals surface area contributed by atoms with Gasteiger partial charge in [-0.2, -0.15) is 0 Å². The number of sulfone groups is 1. The number of amides is 2. The van der Waals surface area contributed by atoms with Crippen LogP contribution in [-0.4, -0.2) is 49.8 Å². The van der Waals surface area contributed by atoms with E-state index in [0.717, 1.165) is 11.8 Å². The van der Waals surface area contributed by atoms with Crippen LogP contribution in [0.25, 0.3) is 0 Å². The second-order valence-corrected chi connectivity index (χ2v) is 9.23. The molecular formula is C21H24N2O5S. The lowest BCUT2D eigenvalue weighted by Gasteiger charge is -2.26. The Morgan fingerprint density at radius 3 is 2.48 bits per heavy atom. The molecule has 0 aromatic heterocycles. The van der Waals surface area contributed by atoms with Gasteiger partial charge in [0.2, 0.25) is 5.91 Å². The molecular weight excluding hydrogens is 392 g/mol. The van der Waals surface area contributed by atoms with Gasteiger partial charge in [0, 0.05) is 24.1 Å². The predicted molar refractivity (Wildman–Crippen MR) is 111 cm³/mol. The van der Waals surface area contributed by atoms with Gasteiger partial charge in [0.25, 0.3) is 5.91 Å². The molecule has 1 atom stereocenters. The van der Waals surface area contributed by atoms with Gasteiger partial charge in [-0.25, -0.2) is 8.42 Å². The molecule has 0 radical (unpaired) electrons. The lowest BCUT2D eigenvalue weighted by Crippen LogP contribution is -2.45. The Hall–Kier alpha value is -2.87. The van der Waals surface area contributed by atoms with Crippen LogP contribution in [0.15, 0.2) is 48.5 Å². The number of fused-ring (bicyclic) bond motifs is 1. The van der Waals surface area contributed by atoms with Gasteiger partial charge >= 0.3 is 0 Å². The van der Waals surface area contributed by atoms with Crippen molar-refractivity contribution in [1.29, 1.82) is 0 Å². The van der Waals surface area contributed by atoms with Crippen molar-refractivity contribution < 1.29 is 22.7 Å². The van der Waals surface area contributed by atoms with Crippen LogP contribution < -0.4 is 10.1 Å². The average molecular weight is 416 g/mol. The minimum atomic E-state index is -3.29. The van der Waals surface area contributed by atoms with Crippen molar-refractivity contribution in [2.75, 3.05) is 23.9 Å². The fraction of sp³-hybridized carbons (Fsp3) is 0.333. The number of ether oxygens (including phenoxy) is 1. The molecule has 3 rings (SSSR count). The third-order valence-electron chi connectivity index (χ3n) is 4.72. The maximum Gasteiger partial charge on any atom is 0.255 e. The molecule has 0 fully saturated rings. The van der Waals surface area contributed by atoms with Crippen molar-refractivity contribution in [1.82, 2.24) is 4.90 Å². The Labute approximate surface area is 170 Å². The first kappa shape index (κ1) is 20.9. The summed E-state index contributed by atoms with van der Waals surface area (Å²) in [6.45, 7) is 2.70. The Morgan fingerprint density at radius 1 is 1.17 bits per heavy atom. The summed E-state index contributed by atoms with van der Waals surface area (Å²) in [5, 5.41) is 2.79. The second-order valence-electron chi connectivity index (χ2n) is 6.97. The molecule has 1 aliphatic rings. The molecule has 1 N–H and O–H groups in total. The van der Waals surface area contributed by atoms with Crippen LogP contribution in [-0.2, 0) is 21.2 Å². The van der Waals surface area contributed by atoms with Gasteiger partial charge in [-0.1, -0.05) is 18.2 Å². The Bertz CT molecular complexity index is 1000. The molecule has 0 aliphatic carbocycles. The van der Waals surface area contributed by atoms with Crippen LogP contribution in [0.2, 0.25) is 0 Å². The summed E-state index contributed by atoms with van der Waals surface area (Å²) in [4.78, 5) is 27.3. The molecule has 1 aliphatic heterocycles. The molecule has 0 saturated heterocycles. The molecule has 0 unspecified atom stereocenters. The summed E-state index contributed by atoms with van der Waals surface area (Å²) in [6, 6.07) is 13.2. The maximum atomic E-state index is 13.0. The molecule has 2 aromatic carbocycles. The van der Waals surface area contributed by atoms with Crippen molar-refractivity contribution in [3.05, 3.63) is 59.7 Å². The molecule has 8 heteroatoms. The van der Waals surface area contributed by atoms with E-state index in [4.69, 9.17) is 4.74 Å². The minimum absolute atomic E-state index is 0.0292. The zero-order valence-corrected chi connectivity index (χ0v) is 17.2. The molecule has 154 valence electrons. The SMILES string of the molecule is CCOc1ccc(NC(=O)[C@H](CCS(C)(=O)=O)N2Cc3ccccc3C2=O)cc1. The molecule has 0 bridgehead atoms. The zero-order valence-electron chi connectivity index (χ0n) is 16.4. The van der Waals surface area contributed by atoms with Gasteiger partial charge in [-0.15, -0.1) is 0 Å². The van der Waals surface area contributed by atoms with Crippen molar-refractivity contribution >= 4 is 27.3 Å². The summed E-state index contributed by atoms with van der Waals surface area (Å²) >= 11 is 0. The highest BCUT2D eigenvalue weighted by atomic mass is 32.2. The number of carbonyl (C=O) groups is 2. The van der Waals surface area contributed by atoms with Crippen LogP contribution in [0.5, 0.6) is 5.75 Å². The lowest BCUT2D eigenvalue weighted by molar-refractivity contribution is -0.120. The Kier molecular flexibility index (Phi) is 6.22. The van der Waals surface area contributed by atoms with E-state index in [0.29, 0.717) is 23.6 Å². The van der Waals surface area contributed by atoms with E-state index in [-0.39, 0.29) is 24.6 Å². The summed E-state index contributed by atoms with van der Waals surface area (Å²) < 4.78 is 28.8. The van der Waals surface area contributed by atoms with Crippen LogP contribution in [0, 0.1) is 0 Å². The first-order valence-electron chi connectivity index (χ1n) is 9.39. The Balaban J connectivity index is 1.80. The lowest BCUT2D eigenvalue weighted by atomic mass is 10.1. The molecule has 2 amide bonds. The number of nitrogens with zero attached hydrogens (tertiary/aromatic N) is 1. The van der Waals surface area contributed by atoms with E-state index in [1.165, 1.54) is 4.90 Å². The van der Waals surface area contributed by atoms with E-state index < -0.39 is 21.8 Å². The van der Waals surface area contributed by atoms with Crippen molar-refractivity contribution in [2.24, 2.45) is 0 Å². The van der Waals surface area contributed by atoms with Crippen LogP contribution >= 0.6 is 0 Å². The number of hydrogen-bond acceptors (Lipinski definition) is 5. The van der Waals surface area contributed by atoms with Crippen molar-refractivity contribution in [3.8, 4) is 5.75 Å². The van der Waals surface area contributed by atoms with Gasteiger partial charge in [0.15, 0.2) is 0 Å². The molecule has 1 heterocycles. The number of carbonyl (C=O) groups excluding carboxylic acids is 2. The standard InChI is InChI=1S/C21H24N2O5S/c1-3-28-17-10-8-16(9-11-17)22-20(24)19(12-13-29(2,26)27)23-14-15-6-4-5-7-18(15)21(23)25/h4-11,19H,3,12-14H2,1-2H3,(H,22,24)/t19-/m0/s1. The van der Waals surface area contributed by atoms with Crippen LogP contribution in [0.3, 0.4) is 0 Å². The fourth-order valence-corrected chi connectivity index (χ4v) is 3.96. The summed E-state index contributed by atoms with van der Waals surface area (Å²) in [6.07, 6.45) is 1.15. The predicted octanol–water partition coefficient (Wildman–Crippen LogP) is 2.48. The topological polar surface area (TPSA) is 92.8 Å². The first-order chi connectivity index (χ1) is 13.8. The van der Waals surface area contributed by atoms with E-state index in [1.807, 2.05) is 19.1 Å². The highest BCUT2D eigenvalue weighted by Gasteiger charge is 2.36. The monoisotopic (exact) mass is 416 g/mol. The summed E-state index contributed by atoms with van der Waals surface area (Å²) in [7, 11) is -3.29. The normalized spacial score (nSPS) is 14.4. The van der Waals surface area contributed by atoms with E-state index in [9.17, 15) is 18.0 Å². The van der Waals surface area contributed by atoms with Crippen LogP contribution in [0.4, 0.5) is 5.69 Å².